The second kappa shape index (κ2) is 8.02. The standard InChI is InChI=1S/C18H20F3NO/c1-22-12-15(11-14-5-3-2-4-6-14)13-23-17-9-7-16(8-10-17)18(19,20)21/h2-10,15,22H,11-13H2,1H3. The Bertz CT molecular complexity index is 581. The first-order valence-electron chi connectivity index (χ1n) is 7.47. The summed E-state index contributed by atoms with van der Waals surface area (Å²) in [5.74, 6) is 0.692. The molecule has 5 heteroatoms. The second-order valence-electron chi connectivity index (χ2n) is 5.45. The summed E-state index contributed by atoms with van der Waals surface area (Å²) in [5, 5.41) is 3.12. The van der Waals surface area contributed by atoms with Crippen LogP contribution in [-0.2, 0) is 12.6 Å². The maximum Gasteiger partial charge on any atom is 0.416 e. The van der Waals surface area contributed by atoms with Crippen molar-refractivity contribution in [3.63, 3.8) is 0 Å². The van der Waals surface area contributed by atoms with E-state index >= 15 is 0 Å². The van der Waals surface area contributed by atoms with Crippen molar-refractivity contribution >= 4 is 0 Å². The Hall–Kier alpha value is -2.01. The van der Waals surface area contributed by atoms with E-state index in [0.29, 0.717) is 12.4 Å². The van der Waals surface area contributed by atoms with Crippen LogP contribution in [0.25, 0.3) is 0 Å². The van der Waals surface area contributed by atoms with Crippen LogP contribution in [0.3, 0.4) is 0 Å². The van der Waals surface area contributed by atoms with E-state index < -0.39 is 11.7 Å². The van der Waals surface area contributed by atoms with Gasteiger partial charge >= 0.3 is 6.18 Å². The highest BCUT2D eigenvalue weighted by Crippen LogP contribution is 2.30. The molecule has 2 nitrogen and oxygen atoms in total. The van der Waals surface area contributed by atoms with Crippen molar-refractivity contribution in [3.8, 4) is 5.75 Å². The summed E-state index contributed by atoms with van der Waals surface area (Å²) in [7, 11) is 1.87. The number of nitrogens with one attached hydrogen (secondary N) is 1. The van der Waals surface area contributed by atoms with Gasteiger partial charge in [0.05, 0.1) is 12.2 Å². The van der Waals surface area contributed by atoms with Gasteiger partial charge < -0.3 is 10.1 Å². The Kier molecular flexibility index (Phi) is 6.04. The smallest absolute Gasteiger partial charge is 0.416 e. The van der Waals surface area contributed by atoms with Crippen molar-refractivity contribution in [2.45, 2.75) is 12.6 Å². The highest BCUT2D eigenvalue weighted by atomic mass is 19.4. The summed E-state index contributed by atoms with van der Waals surface area (Å²) < 4.78 is 43.2. The molecular weight excluding hydrogens is 303 g/mol. The molecule has 23 heavy (non-hydrogen) atoms. The van der Waals surface area contributed by atoms with E-state index in [1.54, 1.807) is 0 Å². The van der Waals surface area contributed by atoms with Gasteiger partial charge in [-0.05, 0) is 43.3 Å². The molecule has 0 aromatic heterocycles. The van der Waals surface area contributed by atoms with Gasteiger partial charge in [0.2, 0.25) is 0 Å². The van der Waals surface area contributed by atoms with Gasteiger partial charge in [-0.3, -0.25) is 0 Å². The van der Waals surface area contributed by atoms with Gasteiger partial charge in [-0.2, -0.15) is 13.2 Å². The normalized spacial score (nSPS) is 12.9. The average molecular weight is 323 g/mol. The number of rotatable bonds is 7. The van der Waals surface area contributed by atoms with Crippen LogP contribution >= 0.6 is 0 Å². The third kappa shape index (κ3) is 5.60. The molecule has 1 atom stereocenters. The predicted molar refractivity (Wildman–Crippen MR) is 84.5 cm³/mol. The fraction of sp³-hybridized carbons (Fsp3) is 0.333. The molecule has 0 radical (unpaired) electrons. The monoisotopic (exact) mass is 323 g/mol. The predicted octanol–water partition coefficient (Wildman–Crippen LogP) is 4.16. The largest absolute Gasteiger partial charge is 0.493 e. The van der Waals surface area contributed by atoms with E-state index in [4.69, 9.17) is 4.74 Å². The topological polar surface area (TPSA) is 21.3 Å². The van der Waals surface area contributed by atoms with Crippen LogP contribution in [-0.4, -0.2) is 20.2 Å². The molecule has 2 aromatic carbocycles. The third-order valence-electron chi connectivity index (χ3n) is 3.53. The Labute approximate surface area is 134 Å². The number of ether oxygens (including phenoxy) is 1. The Morgan fingerprint density at radius 3 is 2.22 bits per heavy atom. The van der Waals surface area contributed by atoms with Crippen LogP contribution in [0.15, 0.2) is 54.6 Å². The zero-order chi connectivity index (χ0) is 16.7. The molecule has 2 aromatic rings. The van der Waals surface area contributed by atoms with Crippen molar-refractivity contribution in [1.82, 2.24) is 5.32 Å². The first-order chi connectivity index (χ1) is 11.0. The number of benzene rings is 2. The zero-order valence-corrected chi connectivity index (χ0v) is 12.9. The lowest BCUT2D eigenvalue weighted by atomic mass is 10.00. The quantitative estimate of drug-likeness (QED) is 0.826. The summed E-state index contributed by atoms with van der Waals surface area (Å²) in [5.41, 5.74) is 0.546. The van der Waals surface area contributed by atoms with Gasteiger partial charge in [-0.25, -0.2) is 0 Å². The molecule has 0 bridgehead atoms. The van der Waals surface area contributed by atoms with Gasteiger partial charge in [0.15, 0.2) is 0 Å². The highest BCUT2D eigenvalue weighted by Gasteiger charge is 2.30. The molecule has 0 saturated heterocycles. The van der Waals surface area contributed by atoms with Crippen LogP contribution in [0, 0.1) is 5.92 Å². The molecule has 124 valence electrons. The van der Waals surface area contributed by atoms with E-state index in [0.717, 1.165) is 25.1 Å². The SMILES string of the molecule is CNCC(COc1ccc(C(F)(F)F)cc1)Cc1ccccc1. The fourth-order valence-electron chi connectivity index (χ4n) is 2.38. The van der Waals surface area contributed by atoms with Crippen molar-refractivity contribution in [1.29, 1.82) is 0 Å². The molecule has 0 aliphatic carbocycles. The summed E-state index contributed by atoms with van der Waals surface area (Å²) >= 11 is 0. The first-order valence-corrected chi connectivity index (χ1v) is 7.47. The van der Waals surface area contributed by atoms with Gasteiger partial charge in [0.25, 0.3) is 0 Å². The van der Waals surface area contributed by atoms with Crippen molar-refractivity contribution in [2.24, 2.45) is 5.92 Å². The lowest BCUT2D eigenvalue weighted by molar-refractivity contribution is -0.137. The zero-order valence-electron chi connectivity index (χ0n) is 12.9. The second-order valence-corrected chi connectivity index (χ2v) is 5.45. The van der Waals surface area contributed by atoms with Crippen LogP contribution in [0.1, 0.15) is 11.1 Å². The summed E-state index contributed by atoms with van der Waals surface area (Å²) in [6.07, 6.45) is -3.47. The Morgan fingerprint density at radius 1 is 1.00 bits per heavy atom. The Morgan fingerprint density at radius 2 is 1.65 bits per heavy atom. The molecule has 0 aliphatic rings. The molecule has 0 amide bonds. The maximum absolute atomic E-state index is 12.5. The van der Waals surface area contributed by atoms with Gasteiger partial charge in [0, 0.05) is 12.5 Å². The third-order valence-corrected chi connectivity index (χ3v) is 3.53. The molecule has 0 fully saturated rings. The summed E-state index contributed by atoms with van der Waals surface area (Å²) in [6.45, 7) is 1.22. The number of hydrogen-bond acceptors (Lipinski definition) is 2. The van der Waals surface area contributed by atoms with Crippen molar-refractivity contribution in [3.05, 3.63) is 65.7 Å². The molecular formula is C18H20F3NO. The minimum absolute atomic E-state index is 0.240. The van der Waals surface area contributed by atoms with E-state index in [2.05, 4.69) is 17.4 Å². The van der Waals surface area contributed by atoms with Crippen molar-refractivity contribution in [2.75, 3.05) is 20.2 Å². The van der Waals surface area contributed by atoms with Crippen LogP contribution in [0.2, 0.25) is 0 Å². The molecule has 0 saturated carbocycles. The van der Waals surface area contributed by atoms with E-state index in [1.807, 2.05) is 25.2 Å². The van der Waals surface area contributed by atoms with Gasteiger partial charge in [-0.15, -0.1) is 0 Å². The maximum atomic E-state index is 12.5. The van der Waals surface area contributed by atoms with Crippen molar-refractivity contribution < 1.29 is 17.9 Å². The van der Waals surface area contributed by atoms with E-state index in [9.17, 15) is 13.2 Å². The van der Waals surface area contributed by atoms with Gasteiger partial charge in [-0.1, -0.05) is 30.3 Å². The number of alkyl halides is 3. The summed E-state index contributed by atoms with van der Waals surface area (Å²) in [6, 6.07) is 14.9. The molecule has 0 heterocycles. The molecule has 1 N–H and O–H groups in total. The summed E-state index contributed by atoms with van der Waals surface area (Å²) in [4.78, 5) is 0. The molecule has 0 spiro atoms. The molecule has 2 rings (SSSR count). The lowest BCUT2D eigenvalue weighted by Gasteiger charge is -2.18. The lowest BCUT2D eigenvalue weighted by Crippen LogP contribution is -2.26. The molecule has 0 aliphatic heterocycles. The van der Waals surface area contributed by atoms with Crippen LogP contribution in [0.5, 0.6) is 5.75 Å². The minimum atomic E-state index is -4.32. The highest BCUT2D eigenvalue weighted by molar-refractivity contribution is 5.28. The van der Waals surface area contributed by atoms with E-state index in [-0.39, 0.29) is 5.92 Å². The fourth-order valence-corrected chi connectivity index (χ4v) is 2.38. The van der Waals surface area contributed by atoms with Crippen LogP contribution < -0.4 is 10.1 Å². The van der Waals surface area contributed by atoms with Crippen LogP contribution in [0.4, 0.5) is 13.2 Å². The number of hydrogen-bond donors (Lipinski definition) is 1. The van der Waals surface area contributed by atoms with Gasteiger partial charge in [0.1, 0.15) is 5.75 Å². The minimum Gasteiger partial charge on any atom is -0.493 e. The Balaban J connectivity index is 1.93. The first kappa shape index (κ1) is 17.3. The average Bonchev–Trinajstić information content (AvgIpc) is 2.53. The van der Waals surface area contributed by atoms with E-state index in [1.165, 1.54) is 17.7 Å². The molecule has 1 unspecified atom stereocenters. The number of halogens is 3.